The molecule has 1 aliphatic rings. The van der Waals surface area contributed by atoms with Gasteiger partial charge in [-0.25, -0.2) is 4.98 Å². The predicted octanol–water partition coefficient (Wildman–Crippen LogP) is 1.70. The number of aliphatic hydroxyl groups is 1. The van der Waals surface area contributed by atoms with Crippen molar-refractivity contribution in [3.63, 3.8) is 0 Å². The molecule has 1 aromatic heterocycles. The fourth-order valence-electron chi connectivity index (χ4n) is 2.32. The number of rotatable bonds is 4. The number of anilines is 2. The van der Waals surface area contributed by atoms with Crippen molar-refractivity contribution in [1.29, 1.82) is 0 Å². The fraction of sp³-hybridized carbons (Fsp3) is 0.583. The number of nitrogens with zero attached hydrogens (tertiary/aromatic N) is 1. The maximum Gasteiger partial charge on any atom is 0.127 e. The van der Waals surface area contributed by atoms with Crippen molar-refractivity contribution in [2.45, 2.75) is 25.3 Å². The Morgan fingerprint density at radius 2 is 2.38 bits per heavy atom. The number of aliphatic hydroxyl groups excluding tert-OH is 1. The minimum absolute atomic E-state index is 0.279. The molecule has 0 saturated heterocycles. The van der Waals surface area contributed by atoms with Gasteiger partial charge in [-0.2, -0.15) is 0 Å². The molecule has 0 aliphatic heterocycles. The van der Waals surface area contributed by atoms with Gasteiger partial charge in [0.2, 0.25) is 0 Å². The van der Waals surface area contributed by atoms with Gasteiger partial charge in [-0.3, -0.25) is 0 Å². The van der Waals surface area contributed by atoms with Crippen LogP contribution in [0.4, 0.5) is 11.5 Å². The number of aromatic nitrogens is 1. The normalized spacial score (nSPS) is 24.4. The molecular formula is C12H19N3O. The van der Waals surface area contributed by atoms with Gasteiger partial charge in [0.1, 0.15) is 5.82 Å². The van der Waals surface area contributed by atoms with Crippen LogP contribution in [-0.2, 0) is 0 Å². The van der Waals surface area contributed by atoms with E-state index in [0.29, 0.717) is 12.0 Å². The molecule has 0 amide bonds. The third-order valence-corrected chi connectivity index (χ3v) is 3.26. The first-order valence-electron chi connectivity index (χ1n) is 5.84. The zero-order chi connectivity index (χ0) is 11.4. The molecule has 2 unspecified atom stereocenters. The van der Waals surface area contributed by atoms with E-state index in [1.54, 1.807) is 6.20 Å². The van der Waals surface area contributed by atoms with Crippen LogP contribution in [0.5, 0.6) is 0 Å². The number of hydrogen-bond acceptors (Lipinski definition) is 4. The monoisotopic (exact) mass is 221 g/mol. The molecule has 0 bridgehead atoms. The van der Waals surface area contributed by atoms with Crippen LogP contribution in [0.3, 0.4) is 0 Å². The van der Waals surface area contributed by atoms with Crippen molar-refractivity contribution in [3.05, 3.63) is 18.3 Å². The smallest absolute Gasteiger partial charge is 0.127 e. The number of nitrogens with one attached hydrogen (secondary N) is 2. The highest BCUT2D eigenvalue weighted by molar-refractivity contribution is 5.52. The van der Waals surface area contributed by atoms with Crippen LogP contribution in [0.2, 0.25) is 0 Å². The molecule has 1 saturated carbocycles. The van der Waals surface area contributed by atoms with E-state index in [9.17, 15) is 5.11 Å². The van der Waals surface area contributed by atoms with E-state index < -0.39 is 0 Å². The van der Waals surface area contributed by atoms with Crippen molar-refractivity contribution < 1.29 is 5.11 Å². The second kappa shape index (κ2) is 5.16. The second-order valence-corrected chi connectivity index (χ2v) is 4.30. The lowest BCUT2D eigenvalue weighted by Crippen LogP contribution is -2.26. The fourth-order valence-corrected chi connectivity index (χ4v) is 2.32. The lowest BCUT2D eigenvalue weighted by atomic mass is 10.0. The maximum absolute atomic E-state index is 9.25. The summed E-state index contributed by atoms with van der Waals surface area (Å²) in [5.41, 5.74) is 1.07. The first kappa shape index (κ1) is 11.2. The van der Waals surface area contributed by atoms with E-state index in [2.05, 4.69) is 15.6 Å². The second-order valence-electron chi connectivity index (χ2n) is 4.30. The standard InChI is InChI=1S/C12H19N3O/c1-13-12-7-10(5-6-14-12)15-11-4-2-3-9(11)8-16/h5-7,9,11,16H,2-4,8H2,1H3,(H2,13,14,15). The Hall–Kier alpha value is -1.29. The summed E-state index contributed by atoms with van der Waals surface area (Å²) in [6, 6.07) is 4.36. The summed E-state index contributed by atoms with van der Waals surface area (Å²) in [5.74, 6) is 1.26. The molecule has 1 heterocycles. The minimum atomic E-state index is 0.279. The number of hydrogen-bond donors (Lipinski definition) is 3. The molecule has 1 aromatic rings. The highest BCUT2D eigenvalue weighted by Crippen LogP contribution is 2.28. The molecule has 0 radical (unpaired) electrons. The Morgan fingerprint density at radius 1 is 1.50 bits per heavy atom. The van der Waals surface area contributed by atoms with E-state index in [-0.39, 0.29) is 6.61 Å². The topological polar surface area (TPSA) is 57.2 Å². The average Bonchev–Trinajstić information content (AvgIpc) is 2.76. The van der Waals surface area contributed by atoms with Gasteiger partial charge in [-0.05, 0) is 18.9 Å². The summed E-state index contributed by atoms with van der Waals surface area (Å²) < 4.78 is 0. The van der Waals surface area contributed by atoms with Gasteiger partial charge in [-0.1, -0.05) is 6.42 Å². The highest BCUT2D eigenvalue weighted by atomic mass is 16.3. The summed E-state index contributed by atoms with van der Waals surface area (Å²) in [6.07, 6.45) is 5.25. The average molecular weight is 221 g/mol. The summed E-state index contributed by atoms with van der Waals surface area (Å²) in [4.78, 5) is 4.17. The predicted molar refractivity (Wildman–Crippen MR) is 65.6 cm³/mol. The van der Waals surface area contributed by atoms with Gasteiger partial charge in [0.15, 0.2) is 0 Å². The lowest BCUT2D eigenvalue weighted by molar-refractivity contribution is 0.222. The SMILES string of the molecule is CNc1cc(NC2CCCC2CO)ccn1. The Kier molecular flexibility index (Phi) is 3.62. The molecule has 2 atom stereocenters. The zero-order valence-electron chi connectivity index (χ0n) is 9.61. The van der Waals surface area contributed by atoms with E-state index >= 15 is 0 Å². The minimum Gasteiger partial charge on any atom is -0.396 e. The Bertz CT molecular complexity index is 343. The van der Waals surface area contributed by atoms with Gasteiger partial charge in [0, 0.05) is 43.6 Å². The third kappa shape index (κ3) is 2.44. The first-order valence-corrected chi connectivity index (χ1v) is 5.84. The van der Waals surface area contributed by atoms with E-state index in [0.717, 1.165) is 24.3 Å². The van der Waals surface area contributed by atoms with Crippen LogP contribution in [0.1, 0.15) is 19.3 Å². The van der Waals surface area contributed by atoms with E-state index in [1.165, 1.54) is 6.42 Å². The van der Waals surface area contributed by atoms with Gasteiger partial charge < -0.3 is 15.7 Å². The zero-order valence-corrected chi connectivity index (χ0v) is 9.61. The number of pyridine rings is 1. The molecular weight excluding hydrogens is 202 g/mol. The summed E-state index contributed by atoms with van der Waals surface area (Å²) >= 11 is 0. The first-order chi connectivity index (χ1) is 7.83. The molecule has 16 heavy (non-hydrogen) atoms. The molecule has 0 aromatic carbocycles. The molecule has 1 aliphatic carbocycles. The van der Waals surface area contributed by atoms with Crippen molar-refractivity contribution in [2.24, 2.45) is 5.92 Å². The van der Waals surface area contributed by atoms with Crippen LogP contribution in [0, 0.1) is 5.92 Å². The summed E-state index contributed by atoms with van der Waals surface area (Å²) in [6.45, 7) is 0.279. The molecule has 0 spiro atoms. The van der Waals surface area contributed by atoms with Crippen molar-refractivity contribution >= 4 is 11.5 Å². The lowest BCUT2D eigenvalue weighted by Gasteiger charge is -2.20. The molecule has 3 N–H and O–H groups in total. The third-order valence-electron chi connectivity index (χ3n) is 3.26. The molecule has 1 fully saturated rings. The molecule has 88 valence electrons. The molecule has 4 heteroatoms. The van der Waals surface area contributed by atoms with Gasteiger partial charge in [-0.15, -0.1) is 0 Å². The van der Waals surface area contributed by atoms with Crippen LogP contribution < -0.4 is 10.6 Å². The van der Waals surface area contributed by atoms with Crippen LogP contribution >= 0.6 is 0 Å². The largest absolute Gasteiger partial charge is 0.396 e. The van der Waals surface area contributed by atoms with Crippen molar-refractivity contribution in [2.75, 3.05) is 24.3 Å². The molecule has 4 nitrogen and oxygen atoms in total. The Balaban J connectivity index is 2.02. The van der Waals surface area contributed by atoms with Crippen molar-refractivity contribution in [3.8, 4) is 0 Å². The maximum atomic E-state index is 9.25. The van der Waals surface area contributed by atoms with E-state index in [1.807, 2.05) is 19.2 Å². The summed E-state index contributed by atoms with van der Waals surface area (Å²) in [5, 5.41) is 15.7. The van der Waals surface area contributed by atoms with Gasteiger partial charge in [0.25, 0.3) is 0 Å². The molecule has 2 rings (SSSR count). The van der Waals surface area contributed by atoms with Crippen molar-refractivity contribution in [1.82, 2.24) is 4.98 Å². The van der Waals surface area contributed by atoms with E-state index in [4.69, 9.17) is 0 Å². The Labute approximate surface area is 96.1 Å². The van der Waals surface area contributed by atoms with Gasteiger partial charge >= 0.3 is 0 Å². The summed E-state index contributed by atoms with van der Waals surface area (Å²) in [7, 11) is 1.86. The van der Waals surface area contributed by atoms with Crippen LogP contribution in [-0.4, -0.2) is 29.8 Å². The van der Waals surface area contributed by atoms with Crippen LogP contribution in [0.15, 0.2) is 18.3 Å². The highest BCUT2D eigenvalue weighted by Gasteiger charge is 2.26. The van der Waals surface area contributed by atoms with Gasteiger partial charge in [0.05, 0.1) is 0 Å². The Morgan fingerprint density at radius 3 is 3.12 bits per heavy atom. The van der Waals surface area contributed by atoms with Crippen LogP contribution in [0.25, 0.3) is 0 Å². The quantitative estimate of drug-likeness (QED) is 0.724.